The third-order valence-electron chi connectivity index (χ3n) is 5.40. The number of aromatic nitrogens is 2. The van der Waals surface area contributed by atoms with Gasteiger partial charge in [-0.2, -0.15) is 26.3 Å². The van der Waals surface area contributed by atoms with E-state index in [1.807, 2.05) is 6.92 Å². The summed E-state index contributed by atoms with van der Waals surface area (Å²) < 4.78 is 79.2. The summed E-state index contributed by atoms with van der Waals surface area (Å²) in [4.78, 5) is 33.7. The van der Waals surface area contributed by atoms with Gasteiger partial charge < -0.3 is 15.2 Å². The molecule has 0 fully saturated rings. The Bertz CT molecular complexity index is 1290. The van der Waals surface area contributed by atoms with E-state index < -0.39 is 46.8 Å². The quantitative estimate of drug-likeness (QED) is 0.334. The van der Waals surface area contributed by atoms with Crippen molar-refractivity contribution in [2.45, 2.75) is 45.1 Å². The Morgan fingerprint density at radius 3 is 2.25 bits per heavy atom. The second-order valence-corrected chi connectivity index (χ2v) is 8.50. The molecule has 1 atom stereocenters. The lowest BCUT2D eigenvalue weighted by Crippen LogP contribution is -2.39. The van der Waals surface area contributed by atoms with Crippen LogP contribution in [0.4, 0.5) is 36.8 Å². The highest BCUT2D eigenvalue weighted by Crippen LogP contribution is 2.37. The lowest BCUT2D eigenvalue weighted by Gasteiger charge is -2.29. The summed E-state index contributed by atoms with van der Waals surface area (Å²) in [6.45, 7) is 3.45. The fourth-order valence-corrected chi connectivity index (χ4v) is 3.66. The average Bonchev–Trinajstić information content (AvgIpc) is 2.77. The van der Waals surface area contributed by atoms with Crippen molar-refractivity contribution in [3.05, 3.63) is 68.7 Å². The molecule has 2 N–H and O–H groups in total. The van der Waals surface area contributed by atoms with Crippen LogP contribution in [-0.4, -0.2) is 27.4 Å². The van der Waals surface area contributed by atoms with Crippen LogP contribution < -0.4 is 10.9 Å². The first-order valence-electron chi connectivity index (χ1n) is 10.8. The van der Waals surface area contributed by atoms with Crippen LogP contribution in [0.5, 0.6) is 0 Å². The van der Waals surface area contributed by atoms with Gasteiger partial charge >= 0.3 is 18.4 Å². The number of fused-ring (bicyclic) bond motifs is 1. The SMILES string of the molecule is CCCCN(C(=O)Nc1cc(C(F)(F)F)cc(C(F)(F)F)c1)C(C)c1nc2cc(Cl)ccc2c(=O)[nH]1. The molecule has 1 unspecified atom stereocenters. The molecule has 0 radical (unpaired) electrons. The predicted molar refractivity (Wildman–Crippen MR) is 123 cm³/mol. The molecule has 194 valence electrons. The summed E-state index contributed by atoms with van der Waals surface area (Å²) >= 11 is 5.98. The molecule has 0 saturated carbocycles. The van der Waals surface area contributed by atoms with Crippen molar-refractivity contribution in [1.82, 2.24) is 14.9 Å². The molecule has 0 aliphatic rings. The molecule has 1 heterocycles. The number of urea groups is 1. The van der Waals surface area contributed by atoms with Gasteiger partial charge in [0.2, 0.25) is 0 Å². The zero-order chi connectivity index (χ0) is 26.8. The van der Waals surface area contributed by atoms with E-state index in [1.54, 1.807) is 0 Å². The maximum atomic E-state index is 13.2. The second-order valence-electron chi connectivity index (χ2n) is 8.06. The maximum Gasteiger partial charge on any atom is 0.416 e. The number of unbranched alkanes of at least 4 members (excludes halogenated alkanes) is 1. The largest absolute Gasteiger partial charge is 0.416 e. The predicted octanol–water partition coefficient (Wildman–Crippen LogP) is 7.01. The second kappa shape index (κ2) is 10.4. The van der Waals surface area contributed by atoms with E-state index in [0.29, 0.717) is 30.0 Å². The number of amides is 2. The number of nitrogens with one attached hydrogen (secondary N) is 2. The van der Waals surface area contributed by atoms with Crippen molar-refractivity contribution < 1.29 is 31.1 Å². The first kappa shape index (κ1) is 27.3. The van der Waals surface area contributed by atoms with Gasteiger partial charge in [0, 0.05) is 17.3 Å². The van der Waals surface area contributed by atoms with Crippen LogP contribution in [0, 0.1) is 0 Å². The Hall–Kier alpha value is -3.28. The topological polar surface area (TPSA) is 78.1 Å². The Morgan fingerprint density at radius 2 is 1.69 bits per heavy atom. The number of carbonyl (C=O) groups excluding carboxylic acids is 1. The average molecular weight is 535 g/mol. The van der Waals surface area contributed by atoms with Crippen molar-refractivity contribution in [3.8, 4) is 0 Å². The highest BCUT2D eigenvalue weighted by atomic mass is 35.5. The molecule has 0 bridgehead atoms. The number of alkyl halides is 6. The number of hydrogen-bond acceptors (Lipinski definition) is 3. The third kappa shape index (κ3) is 6.28. The Kier molecular flexibility index (Phi) is 7.87. The third-order valence-corrected chi connectivity index (χ3v) is 5.64. The number of benzene rings is 2. The maximum absolute atomic E-state index is 13.2. The lowest BCUT2D eigenvalue weighted by atomic mass is 10.1. The summed E-state index contributed by atoms with van der Waals surface area (Å²) in [7, 11) is 0. The summed E-state index contributed by atoms with van der Waals surface area (Å²) in [6, 6.07) is 3.42. The van der Waals surface area contributed by atoms with Crippen molar-refractivity contribution >= 4 is 34.2 Å². The lowest BCUT2D eigenvalue weighted by molar-refractivity contribution is -0.143. The van der Waals surface area contributed by atoms with Crippen molar-refractivity contribution in [2.75, 3.05) is 11.9 Å². The molecule has 13 heteroatoms. The van der Waals surface area contributed by atoms with Gasteiger partial charge in [-0.05, 0) is 49.7 Å². The Morgan fingerprint density at radius 1 is 1.08 bits per heavy atom. The van der Waals surface area contributed by atoms with E-state index in [9.17, 15) is 35.9 Å². The minimum absolute atomic E-state index is 0.0258. The molecule has 36 heavy (non-hydrogen) atoms. The molecule has 3 rings (SSSR count). The van der Waals surface area contributed by atoms with E-state index >= 15 is 0 Å². The van der Waals surface area contributed by atoms with Crippen LogP contribution in [-0.2, 0) is 12.4 Å². The van der Waals surface area contributed by atoms with Gasteiger partial charge in [0.25, 0.3) is 5.56 Å². The number of nitrogens with zero attached hydrogens (tertiary/aromatic N) is 2. The zero-order valence-electron chi connectivity index (χ0n) is 19.0. The molecule has 2 amide bonds. The standard InChI is InChI=1S/C23H21ClF6N4O2/c1-3-4-7-34(12(2)19-32-18-11-15(24)5-6-17(18)20(35)33-19)21(36)31-16-9-13(22(25,26)27)8-14(10-16)23(28,29)30/h5-6,8-12H,3-4,7H2,1-2H3,(H,31,36)(H,32,33,35). The van der Waals surface area contributed by atoms with E-state index in [0.717, 1.165) is 0 Å². The molecule has 3 aromatic rings. The highest BCUT2D eigenvalue weighted by Gasteiger charge is 2.37. The fourth-order valence-electron chi connectivity index (χ4n) is 3.50. The monoisotopic (exact) mass is 534 g/mol. The van der Waals surface area contributed by atoms with E-state index in [2.05, 4.69) is 15.3 Å². The molecule has 2 aromatic carbocycles. The number of H-pyrrole nitrogens is 1. The number of rotatable bonds is 6. The Balaban J connectivity index is 1.99. The molecule has 6 nitrogen and oxygen atoms in total. The van der Waals surface area contributed by atoms with Crippen LogP contribution in [0.1, 0.15) is 49.7 Å². The van der Waals surface area contributed by atoms with Crippen molar-refractivity contribution in [3.63, 3.8) is 0 Å². The summed E-state index contributed by atoms with van der Waals surface area (Å²) in [6.07, 6.45) is -9.02. The van der Waals surface area contributed by atoms with Crippen LogP contribution in [0.25, 0.3) is 10.9 Å². The number of aromatic amines is 1. The van der Waals surface area contributed by atoms with Crippen molar-refractivity contribution in [1.29, 1.82) is 0 Å². The minimum atomic E-state index is -5.06. The molecule has 0 spiro atoms. The van der Waals surface area contributed by atoms with Crippen LogP contribution in [0.2, 0.25) is 5.02 Å². The molecular weight excluding hydrogens is 514 g/mol. The molecule has 0 aliphatic heterocycles. The number of hydrogen-bond donors (Lipinski definition) is 2. The van der Waals surface area contributed by atoms with Gasteiger partial charge in [0.15, 0.2) is 0 Å². The first-order valence-corrected chi connectivity index (χ1v) is 11.1. The van der Waals surface area contributed by atoms with Gasteiger partial charge in [-0.1, -0.05) is 24.9 Å². The van der Waals surface area contributed by atoms with Crippen LogP contribution >= 0.6 is 11.6 Å². The van der Waals surface area contributed by atoms with Crippen molar-refractivity contribution in [2.24, 2.45) is 0 Å². The van der Waals surface area contributed by atoms with E-state index in [4.69, 9.17) is 11.6 Å². The molecular formula is C23H21ClF6N4O2. The number of halogens is 7. The van der Waals surface area contributed by atoms with Gasteiger partial charge in [-0.15, -0.1) is 0 Å². The smallest absolute Gasteiger partial charge is 0.315 e. The minimum Gasteiger partial charge on any atom is -0.315 e. The summed E-state index contributed by atoms with van der Waals surface area (Å²) in [5.74, 6) is 0.0704. The van der Waals surface area contributed by atoms with Gasteiger partial charge in [-0.25, -0.2) is 9.78 Å². The summed E-state index contributed by atoms with van der Waals surface area (Å²) in [5.41, 5.74) is -4.03. The fraction of sp³-hybridized carbons (Fsp3) is 0.348. The van der Waals surface area contributed by atoms with Gasteiger partial charge in [0.1, 0.15) is 5.82 Å². The first-order chi connectivity index (χ1) is 16.7. The zero-order valence-corrected chi connectivity index (χ0v) is 19.8. The molecule has 0 aliphatic carbocycles. The Labute approximate surface area is 206 Å². The highest BCUT2D eigenvalue weighted by molar-refractivity contribution is 6.31. The molecule has 1 aromatic heterocycles. The normalized spacial score (nSPS) is 13.0. The number of anilines is 1. The number of carbonyl (C=O) groups is 1. The molecule has 0 saturated heterocycles. The van der Waals surface area contributed by atoms with Crippen LogP contribution in [0.3, 0.4) is 0 Å². The van der Waals surface area contributed by atoms with E-state index in [1.165, 1.54) is 30.0 Å². The van der Waals surface area contributed by atoms with E-state index in [-0.39, 0.29) is 29.3 Å². The van der Waals surface area contributed by atoms with Gasteiger partial charge in [0.05, 0.1) is 28.1 Å². The summed E-state index contributed by atoms with van der Waals surface area (Å²) in [5, 5.41) is 2.71. The van der Waals surface area contributed by atoms with Gasteiger partial charge in [-0.3, -0.25) is 4.79 Å². The van der Waals surface area contributed by atoms with Crippen LogP contribution in [0.15, 0.2) is 41.2 Å².